The first kappa shape index (κ1) is 32.4. The lowest BCUT2D eigenvalue weighted by Crippen LogP contribution is -2.57. The van der Waals surface area contributed by atoms with Crippen LogP contribution in [0.5, 0.6) is 0 Å². The fourth-order valence-corrected chi connectivity index (χ4v) is 6.34. The minimum Gasteiger partial charge on any atom is -0.481 e. The second-order valence-corrected chi connectivity index (χ2v) is 12.8. The summed E-state index contributed by atoms with van der Waals surface area (Å²) in [7, 11) is 0. The van der Waals surface area contributed by atoms with Crippen LogP contribution in [-0.4, -0.2) is 63.9 Å². The number of carboxylic acid groups (broad SMARTS) is 1. The molecule has 1 fully saturated rings. The van der Waals surface area contributed by atoms with Crippen LogP contribution in [0.2, 0.25) is 0 Å². The third-order valence-electron chi connectivity index (χ3n) is 9.22. The largest absolute Gasteiger partial charge is 0.481 e. The number of allylic oxidation sites excluding steroid dienone is 8. The molecule has 5 unspecified atom stereocenters. The first-order valence-corrected chi connectivity index (χ1v) is 15.8. The molecule has 8 heteroatoms. The number of nitrogens with two attached hydrogens (primary N) is 1. The molecular weight excluding hydrogens is 542 g/mol. The molecule has 43 heavy (non-hydrogen) atoms. The van der Waals surface area contributed by atoms with Crippen molar-refractivity contribution in [3.05, 3.63) is 83.5 Å². The van der Waals surface area contributed by atoms with E-state index in [4.69, 9.17) is 5.73 Å². The molecule has 1 heterocycles. The minimum absolute atomic E-state index is 0.0847. The number of aryl methyl sites for hydroxylation is 1. The molecular formula is C35H48N3O5+. The van der Waals surface area contributed by atoms with Crippen molar-refractivity contribution in [1.29, 1.82) is 0 Å². The first-order chi connectivity index (χ1) is 20.6. The van der Waals surface area contributed by atoms with Crippen molar-refractivity contribution in [3.63, 3.8) is 0 Å². The van der Waals surface area contributed by atoms with Gasteiger partial charge in [0.25, 0.3) is 5.91 Å². The summed E-state index contributed by atoms with van der Waals surface area (Å²) in [6.07, 6.45) is 18.9. The summed E-state index contributed by atoms with van der Waals surface area (Å²) in [5.41, 5.74) is 9.32. The Morgan fingerprint density at radius 3 is 2.28 bits per heavy atom. The molecule has 4 rings (SSSR count). The Balaban J connectivity index is 1.35. The highest BCUT2D eigenvalue weighted by molar-refractivity contribution is 5.88. The maximum absolute atomic E-state index is 13.4. The molecule has 0 radical (unpaired) electrons. The number of hydrogen-bond donors (Lipinski definition) is 4. The standard InChI is InChI=1S/C35H47N3O5/c1-24(2)8-18-30(34(36)42)37-35(43)31(19-21-33(40)41)38(22-23-38)32(39)20-11-25-9-12-27(13-10-25)29-16-14-28(15-17-29)26-6-4-3-5-7-26/h3-6,9-10,12-16,24,26,29-32,39H,7-8,11,17-23H2,1-2H3,(H3-,36,37,40,41,42,43)/p+1. The molecule has 5 atom stereocenters. The van der Waals surface area contributed by atoms with E-state index in [-0.39, 0.29) is 17.3 Å². The second kappa shape index (κ2) is 14.8. The molecule has 2 aliphatic carbocycles. The van der Waals surface area contributed by atoms with Crippen molar-refractivity contribution < 1.29 is 29.1 Å². The molecule has 1 aromatic carbocycles. The second-order valence-electron chi connectivity index (χ2n) is 12.8. The van der Waals surface area contributed by atoms with E-state index in [2.05, 4.69) is 72.1 Å². The van der Waals surface area contributed by atoms with E-state index < -0.39 is 36.1 Å². The smallest absolute Gasteiger partial charge is 0.303 e. The van der Waals surface area contributed by atoms with Crippen LogP contribution < -0.4 is 11.1 Å². The number of aliphatic hydroxyl groups excluding tert-OH is 1. The first-order valence-electron chi connectivity index (χ1n) is 15.8. The lowest BCUT2D eigenvalue weighted by Gasteiger charge is -2.33. The van der Waals surface area contributed by atoms with E-state index in [1.54, 1.807) is 0 Å². The third kappa shape index (κ3) is 8.77. The van der Waals surface area contributed by atoms with Crippen LogP contribution in [0.4, 0.5) is 0 Å². The van der Waals surface area contributed by atoms with Gasteiger partial charge in [0.2, 0.25) is 5.91 Å². The number of quaternary nitrogens is 1. The van der Waals surface area contributed by atoms with Crippen LogP contribution in [-0.2, 0) is 20.8 Å². The quantitative estimate of drug-likeness (QED) is 0.166. The van der Waals surface area contributed by atoms with Gasteiger partial charge < -0.3 is 21.3 Å². The summed E-state index contributed by atoms with van der Waals surface area (Å²) in [4.78, 5) is 36.9. The van der Waals surface area contributed by atoms with Crippen LogP contribution in [0, 0.1) is 11.8 Å². The number of carboxylic acids is 1. The minimum atomic E-state index is -0.999. The SMILES string of the molecule is CC(C)CCC(NC(=O)C(CCC(=O)O)[N+]1(C(O)CCc2ccc(C3C=CC(C4C=CC=CC4)=CC3)cc2)CC1)C(N)=O. The van der Waals surface area contributed by atoms with Gasteiger partial charge in [-0.3, -0.25) is 18.9 Å². The number of rotatable bonds is 16. The zero-order valence-corrected chi connectivity index (χ0v) is 25.5. The van der Waals surface area contributed by atoms with Crippen molar-refractivity contribution in [2.75, 3.05) is 13.1 Å². The molecule has 5 N–H and O–H groups in total. The molecule has 0 aromatic heterocycles. The zero-order chi connectivity index (χ0) is 31.0. The predicted molar refractivity (Wildman–Crippen MR) is 168 cm³/mol. The molecule has 3 aliphatic rings. The van der Waals surface area contributed by atoms with E-state index in [1.165, 1.54) is 11.1 Å². The maximum Gasteiger partial charge on any atom is 0.303 e. The highest BCUT2D eigenvalue weighted by Gasteiger charge is 2.57. The van der Waals surface area contributed by atoms with Gasteiger partial charge in [0.1, 0.15) is 19.1 Å². The molecule has 1 aromatic rings. The number of amides is 2. The number of nitrogens with one attached hydrogen (secondary N) is 1. The lowest BCUT2D eigenvalue weighted by molar-refractivity contribution is -0.870. The number of benzene rings is 1. The van der Waals surface area contributed by atoms with Crippen LogP contribution in [0.25, 0.3) is 0 Å². The van der Waals surface area contributed by atoms with Crippen molar-refractivity contribution >= 4 is 17.8 Å². The third-order valence-corrected chi connectivity index (χ3v) is 9.22. The van der Waals surface area contributed by atoms with Gasteiger partial charge in [-0.1, -0.05) is 80.6 Å². The molecule has 1 aliphatic heterocycles. The summed E-state index contributed by atoms with van der Waals surface area (Å²) in [5, 5.41) is 23.4. The Bertz CT molecular complexity index is 1260. The number of nitrogens with zero attached hydrogens (tertiary/aromatic N) is 1. The van der Waals surface area contributed by atoms with Gasteiger partial charge in [-0.15, -0.1) is 0 Å². The van der Waals surface area contributed by atoms with Gasteiger partial charge in [-0.25, -0.2) is 0 Å². The van der Waals surface area contributed by atoms with E-state index in [0.29, 0.717) is 50.1 Å². The Labute approximate surface area is 255 Å². The number of aliphatic carboxylic acids is 1. The van der Waals surface area contributed by atoms with Gasteiger partial charge in [0.15, 0.2) is 12.3 Å². The fourth-order valence-electron chi connectivity index (χ4n) is 6.34. The molecule has 0 saturated carbocycles. The van der Waals surface area contributed by atoms with E-state index >= 15 is 0 Å². The highest BCUT2D eigenvalue weighted by atomic mass is 16.4. The fraction of sp³-hybridized carbons (Fsp3) is 0.514. The van der Waals surface area contributed by atoms with Gasteiger partial charge in [0, 0.05) is 24.7 Å². The summed E-state index contributed by atoms with van der Waals surface area (Å²) in [5.74, 6) is -0.867. The zero-order valence-electron chi connectivity index (χ0n) is 25.5. The number of carbonyl (C=O) groups excluding carboxylic acids is 2. The summed E-state index contributed by atoms with van der Waals surface area (Å²) in [6.45, 7) is 5.23. The van der Waals surface area contributed by atoms with Gasteiger partial charge in [0.05, 0.1) is 6.42 Å². The Morgan fingerprint density at radius 1 is 0.977 bits per heavy atom. The average Bonchev–Trinajstić information content (AvgIpc) is 3.80. The predicted octanol–water partition coefficient (Wildman–Crippen LogP) is 4.51. The van der Waals surface area contributed by atoms with Gasteiger partial charge in [-0.05, 0) is 54.7 Å². The Kier molecular flexibility index (Phi) is 11.2. The van der Waals surface area contributed by atoms with E-state index in [9.17, 15) is 24.6 Å². The molecule has 1 saturated heterocycles. The van der Waals surface area contributed by atoms with Crippen LogP contribution in [0.1, 0.15) is 75.8 Å². The van der Waals surface area contributed by atoms with Crippen molar-refractivity contribution in [2.24, 2.45) is 17.6 Å². The maximum atomic E-state index is 13.4. The number of hydrogen-bond acceptors (Lipinski definition) is 4. The van der Waals surface area contributed by atoms with E-state index in [1.807, 2.05) is 13.8 Å². The van der Waals surface area contributed by atoms with Gasteiger partial charge >= 0.3 is 5.97 Å². The number of primary amides is 1. The number of carbonyl (C=O) groups is 3. The Morgan fingerprint density at radius 2 is 1.72 bits per heavy atom. The van der Waals surface area contributed by atoms with Crippen molar-refractivity contribution in [1.82, 2.24) is 5.32 Å². The lowest BCUT2D eigenvalue weighted by atomic mass is 9.84. The summed E-state index contributed by atoms with van der Waals surface area (Å²) >= 11 is 0. The average molecular weight is 591 g/mol. The number of aliphatic hydroxyl groups is 1. The molecule has 2 amide bonds. The molecule has 0 spiro atoms. The van der Waals surface area contributed by atoms with E-state index in [0.717, 1.165) is 24.8 Å². The van der Waals surface area contributed by atoms with Crippen molar-refractivity contribution in [3.8, 4) is 0 Å². The van der Waals surface area contributed by atoms with Crippen LogP contribution in [0.15, 0.2) is 72.4 Å². The summed E-state index contributed by atoms with van der Waals surface area (Å²) in [6, 6.07) is 6.95. The van der Waals surface area contributed by atoms with Gasteiger partial charge in [-0.2, -0.15) is 0 Å². The molecule has 8 nitrogen and oxygen atoms in total. The summed E-state index contributed by atoms with van der Waals surface area (Å²) < 4.78 is 0.125. The monoisotopic (exact) mass is 590 g/mol. The van der Waals surface area contributed by atoms with Crippen molar-refractivity contribution in [2.45, 2.75) is 89.4 Å². The highest BCUT2D eigenvalue weighted by Crippen LogP contribution is 2.35. The molecule has 0 bridgehead atoms. The Hall–Kier alpha value is -3.49. The topological polar surface area (TPSA) is 130 Å². The normalized spacial score (nSPS) is 22.5. The van der Waals surface area contributed by atoms with Crippen LogP contribution in [0.3, 0.4) is 0 Å². The molecule has 232 valence electrons. The van der Waals surface area contributed by atoms with Crippen LogP contribution >= 0.6 is 0 Å².